The molecular formula is C53H99N2O19P. The van der Waals surface area contributed by atoms with Crippen LogP contribution in [0.1, 0.15) is 201 Å². The number of aliphatic hydroxyl groups excluding tert-OH is 6. The first-order valence-electron chi connectivity index (χ1n) is 28.5. The Kier molecular flexibility index (Phi) is 38.2. The number of hydrogen-bond donors (Lipinski definition) is 9. The summed E-state index contributed by atoms with van der Waals surface area (Å²) in [7, 11) is -4.85. The van der Waals surface area contributed by atoms with Crippen molar-refractivity contribution < 1.29 is 92.0 Å². The van der Waals surface area contributed by atoms with Crippen molar-refractivity contribution in [3.63, 3.8) is 0 Å². The van der Waals surface area contributed by atoms with Crippen LogP contribution in [-0.4, -0.2) is 167 Å². The minimum absolute atomic E-state index is 0.106. The Bertz CT molecular complexity index is 1570. The van der Waals surface area contributed by atoms with Crippen molar-refractivity contribution in [1.29, 1.82) is 0 Å². The third-order valence-electron chi connectivity index (χ3n) is 13.8. The molecule has 2 amide bonds. The van der Waals surface area contributed by atoms with Crippen LogP contribution in [0, 0.1) is 5.92 Å². The van der Waals surface area contributed by atoms with Crippen molar-refractivity contribution >= 4 is 31.6 Å². The normalized spacial score (nSPS) is 25.0. The van der Waals surface area contributed by atoms with Gasteiger partial charge in [-0.2, -0.15) is 0 Å². The van der Waals surface area contributed by atoms with Crippen LogP contribution in [-0.2, 0) is 56.5 Å². The standard InChI is InChI=1S/C53H99N2O19P/c1-4-6-8-10-12-14-16-18-20-22-24-26-28-30-44(58)69-35-40(72-45(59)31-29-27-25-23-21-19-17-15-13-11-9-7-5-2)36-71-75(66,67)70-33-32-54-52(64)51-50(63)49(62)48(61)43(73-51)38-68-37-41-46(55-39(3)57)53(65)74-42(34-56)47(41)60/h40-43,46-51,53,56,60-63,65H,4-38H2,1-3H3,(H,54,64)(H,55,57)(H,66,67)/t40?,41-,42?,43-,46?,47-,48?,49-,50-,51?,53+/m0/s1. The number of aliphatic hydroxyl groups is 6. The second-order valence-electron chi connectivity index (χ2n) is 20.4. The fraction of sp³-hybridized carbons (Fsp3) is 0.925. The smallest absolute Gasteiger partial charge is 0.462 e. The number of nitrogens with one attached hydrogen (secondary N) is 2. The maximum Gasteiger partial charge on any atom is 0.472 e. The number of carbonyl (C=O) groups is 4. The number of carbonyl (C=O) groups excluding carboxylic acids is 4. The Morgan fingerprint density at radius 2 is 1.08 bits per heavy atom. The van der Waals surface area contributed by atoms with Crippen LogP contribution in [0.2, 0.25) is 0 Å². The average Bonchev–Trinajstić information content (AvgIpc) is 3.37. The number of phosphoric ester groups is 1. The predicted molar refractivity (Wildman–Crippen MR) is 279 cm³/mol. The molecule has 0 aromatic carbocycles. The summed E-state index contributed by atoms with van der Waals surface area (Å²) >= 11 is 0. The van der Waals surface area contributed by atoms with E-state index < -0.39 is 138 Å². The fourth-order valence-electron chi connectivity index (χ4n) is 9.28. The number of amides is 2. The fourth-order valence-corrected chi connectivity index (χ4v) is 10.0. The van der Waals surface area contributed by atoms with Crippen molar-refractivity contribution in [1.82, 2.24) is 10.6 Å². The van der Waals surface area contributed by atoms with E-state index in [9.17, 15) is 59.3 Å². The molecule has 0 aromatic heterocycles. The highest BCUT2D eigenvalue weighted by Crippen LogP contribution is 2.43. The Morgan fingerprint density at radius 1 is 0.587 bits per heavy atom. The molecule has 6 unspecified atom stereocenters. The van der Waals surface area contributed by atoms with Gasteiger partial charge in [-0.05, 0) is 12.8 Å². The van der Waals surface area contributed by atoms with E-state index in [-0.39, 0.29) is 19.4 Å². The highest BCUT2D eigenvalue weighted by molar-refractivity contribution is 7.47. The van der Waals surface area contributed by atoms with Crippen molar-refractivity contribution in [2.24, 2.45) is 5.92 Å². The van der Waals surface area contributed by atoms with E-state index in [1.54, 1.807) is 0 Å². The molecule has 2 aliphatic heterocycles. The quantitative estimate of drug-likeness (QED) is 0.0200. The van der Waals surface area contributed by atoms with Gasteiger partial charge in [-0.1, -0.05) is 168 Å². The molecule has 0 aliphatic carbocycles. The lowest BCUT2D eigenvalue weighted by atomic mass is 9.87. The van der Waals surface area contributed by atoms with Crippen molar-refractivity contribution in [3.05, 3.63) is 0 Å². The van der Waals surface area contributed by atoms with Gasteiger partial charge in [0.05, 0.1) is 45.2 Å². The first-order chi connectivity index (χ1) is 36.0. The maximum absolute atomic E-state index is 13.1. The zero-order chi connectivity index (χ0) is 55.3. The summed E-state index contributed by atoms with van der Waals surface area (Å²) in [6.07, 6.45) is 16.0. The molecule has 2 fully saturated rings. The highest BCUT2D eigenvalue weighted by atomic mass is 31.2. The molecule has 9 N–H and O–H groups in total. The Balaban J connectivity index is 1.84. The zero-order valence-corrected chi connectivity index (χ0v) is 46.5. The van der Waals surface area contributed by atoms with Gasteiger partial charge in [0.2, 0.25) is 5.91 Å². The van der Waals surface area contributed by atoms with Crippen LogP contribution in [0.3, 0.4) is 0 Å². The minimum atomic E-state index is -4.85. The van der Waals surface area contributed by atoms with Crippen molar-refractivity contribution in [2.45, 2.75) is 262 Å². The first kappa shape index (κ1) is 68.7. The monoisotopic (exact) mass is 1100 g/mol. The summed E-state index contributed by atoms with van der Waals surface area (Å²) in [6.45, 7) is 2.01. The van der Waals surface area contributed by atoms with Crippen LogP contribution in [0.4, 0.5) is 0 Å². The number of unbranched alkanes of at least 4 members (excludes halogenated alkanes) is 24. The summed E-state index contributed by atoms with van der Waals surface area (Å²) in [6, 6.07) is -1.15. The summed E-state index contributed by atoms with van der Waals surface area (Å²) in [5.74, 6) is -3.62. The van der Waals surface area contributed by atoms with Gasteiger partial charge in [0.1, 0.15) is 37.1 Å². The van der Waals surface area contributed by atoms with E-state index in [0.29, 0.717) is 12.8 Å². The lowest BCUT2D eigenvalue weighted by molar-refractivity contribution is -0.252. The Morgan fingerprint density at radius 3 is 1.57 bits per heavy atom. The van der Waals surface area contributed by atoms with Gasteiger partial charge in [-0.15, -0.1) is 0 Å². The van der Waals surface area contributed by atoms with Crippen LogP contribution >= 0.6 is 7.82 Å². The zero-order valence-electron chi connectivity index (χ0n) is 45.6. The third kappa shape index (κ3) is 30.5. The average molecular weight is 1100 g/mol. The molecule has 2 rings (SSSR count). The molecule has 440 valence electrons. The molecular weight excluding hydrogens is 1000 g/mol. The van der Waals surface area contributed by atoms with Crippen LogP contribution in [0.15, 0.2) is 0 Å². The van der Waals surface area contributed by atoms with Crippen LogP contribution < -0.4 is 10.6 Å². The summed E-state index contributed by atoms with van der Waals surface area (Å²) in [5.41, 5.74) is 0. The van der Waals surface area contributed by atoms with E-state index in [0.717, 1.165) is 44.9 Å². The number of rotatable bonds is 45. The molecule has 75 heavy (non-hydrogen) atoms. The third-order valence-corrected chi connectivity index (χ3v) is 14.8. The number of hydrogen-bond acceptors (Lipinski definition) is 18. The van der Waals surface area contributed by atoms with Gasteiger partial charge in [-0.3, -0.25) is 28.2 Å². The van der Waals surface area contributed by atoms with E-state index in [4.69, 9.17) is 32.7 Å². The Labute approximate surface area is 446 Å². The predicted octanol–water partition coefficient (Wildman–Crippen LogP) is 5.71. The highest BCUT2D eigenvalue weighted by Gasteiger charge is 2.48. The second-order valence-corrected chi connectivity index (χ2v) is 21.9. The molecule has 21 nitrogen and oxygen atoms in total. The summed E-state index contributed by atoms with van der Waals surface area (Å²) in [4.78, 5) is 61.0. The Hall–Kier alpha value is -2.37. The molecule has 22 heteroatoms. The van der Waals surface area contributed by atoms with Gasteiger partial charge in [0.25, 0.3) is 5.91 Å². The van der Waals surface area contributed by atoms with Crippen LogP contribution in [0.25, 0.3) is 0 Å². The second kappa shape index (κ2) is 41.6. The van der Waals surface area contributed by atoms with Gasteiger partial charge in [-0.25, -0.2) is 4.57 Å². The SMILES string of the molecule is CCCCCCCCCCCCCCCC(=O)OCC(COP(=O)(O)OCCNC(=O)C1O[C@@H](COC[C@H]2C(NC(C)=O)[C@H](O)OC(CO)[C@H]2O)C(O)[C@H](O)[C@@H]1O)OC(=O)CCCCCCCCCCCCCCC. The minimum Gasteiger partial charge on any atom is -0.462 e. The number of ether oxygens (including phenoxy) is 5. The van der Waals surface area contributed by atoms with Crippen LogP contribution in [0.5, 0.6) is 0 Å². The molecule has 0 bridgehead atoms. The van der Waals surface area contributed by atoms with E-state index in [1.165, 1.54) is 116 Å². The van der Waals surface area contributed by atoms with E-state index >= 15 is 0 Å². The molecule has 0 spiro atoms. The summed E-state index contributed by atoms with van der Waals surface area (Å²) in [5, 5.41) is 67.3. The summed E-state index contributed by atoms with van der Waals surface area (Å²) < 4.78 is 50.5. The maximum atomic E-state index is 13.1. The van der Waals surface area contributed by atoms with Gasteiger partial charge in [0.15, 0.2) is 18.5 Å². The molecule has 0 aromatic rings. The molecule has 2 saturated heterocycles. The molecule has 2 heterocycles. The number of esters is 2. The van der Waals surface area contributed by atoms with E-state index in [1.807, 2.05) is 0 Å². The lowest BCUT2D eigenvalue weighted by Crippen LogP contribution is -2.63. The number of phosphoric acid groups is 1. The van der Waals surface area contributed by atoms with Crippen molar-refractivity contribution in [2.75, 3.05) is 46.2 Å². The molecule has 12 atom stereocenters. The first-order valence-corrected chi connectivity index (χ1v) is 30.0. The largest absolute Gasteiger partial charge is 0.472 e. The van der Waals surface area contributed by atoms with Gasteiger partial charge >= 0.3 is 19.8 Å². The molecule has 0 radical (unpaired) electrons. The van der Waals surface area contributed by atoms with E-state index in [2.05, 4.69) is 24.5 Å². The molecule has 2 aliphatic rings. The topological polar surface area (TPSA) is 316 Å². The van der Waals surface area contributed by atoms with Crippen molar-refractivity contribution in [3.8, 4) is 0 Å². The molecule has 0 saturated carbocycles. The van der Waals surface area contributed by atoms with Gasteiger partial charge in [0, 0.05) is 32.2 Å². The van der Waals surface area contributed by atoms with Gasteiger partial charge < -0.3 is 69.9 Å². The lowest BCUT2D eigenvalue weighted by Gasteiger charge is -2.43.